The van der Waals surface area contributed by atoms with Crippen LogP contribution in [0, 0.1) is 0 Å². The first-order chi connectivity index (χ1) is 17.8. The third-order valence-corrected chi connectivity index (χ3v) is 6.06. The minimum absolute atomic E-state index is 0.0192. The van der Waals surface area contributed by atoms with Crippen LogP contribution in [0.25, 0.3) is 5.76 Å². The molecule has 1 unspecified atom stereocenters. The predicted octanol–water partition coefficient (Wildman–Crippen LogP) is 5.50. The lowest BCUT2D eigenvalue weighted by atomic mass is 9.95. The highest BCUT2D eigenvalue weighted by atomic mass is 16.5. The molecule has 4 rings (SSSR count). The molecular weight excluding hydrogens is 470 g/mol. The summed E-state index contributed by atoms with van der Waals surface area (Å²) in [5, 5.41) is 11.4. The number of amides is 1. The molecule has 1 fully saturated rings. The molecule has 7 nitrogen and oxygen atoms in total. The van der Waals surface area contributed by atoms with E-state index in [9.17, 15) is 14.7 Å². The number of carbonyl (C=O) groups is 2. The van der Waals surface area contributed by atoms with Crippen molar-refractivity contribution in [2.75, 3.05) is 13.7 Å². The average molecular weight is 502 g/mol. The molecule has 1 atom stereocenters. The summed E-state index contributed by atoms with van der Waals surface area (Å²) in [5.74, 6) is 0.135. The third kappa shape index (κ3) is 5.45. The smallest absolute Gasteiger partial charge is 0.295 e. The normalized spacial score (nSPS) is 16.8. The molecule has 1 aliphatic rings. The van der Waals surface area contributed by atoms with E-state index in [0.717, 1.165) is 5.56 Å². The Kier molecular flexibility index (Phi) is 7.82. The maximum absolute atomic E-state index is 13.4. The minimum Gasteiger partial charge on any atom is -0.507 e. The molecule has 1 saturated heterocycles. The van der Waals surface area contributed by atoms with Gasteiger partial charge in [-0.2, -0.15) is 0 Å². The maximum atomic E-state index is 13.4. The minimum atomic E-state index is -0.810. The zero-order chi connectivity index (χ0) is 26.5. The molecule has 3 aromatic rings. The number of hydrogen-bond acceptors (Lipinski definition) is 6. The number of aliphatic hydroxyl groups is 1. The maximum Gasteiger partial charge on any atom is 0.295 e. The fourth-order valence-corrected chi connectivity index (χ4v) is 4.46. The number of nitrogens with zero attached hydrogens (tertiary/aromatic N) is 1. The van der Waals surface area contributed by atoms with Gasteiger partial charge < -0.3 is 24.2 Å². The third-order valence-electron chi connectivity index (χ3n) is 6.06. The van der Waals surface area contributed by atoms with Crippen LogP contribution >= 0.6 is 0 Å². The Balaban J connectivity index is 1.84. The van der Waals surface area contributed by atoms with Crippen molar-refractivity contribution in [3.63, 3.8) is 0 Å². The van der Waals surface area contributed by atoms with Crippen LogP contribution in [0.5, 0.6) is 17.2 Å². The first kappa shape index (κ1) is 25.8. The average Bonchev–Trinajstić information content (AvgIpc) is 3.14. The van der Waals surface area contributed by atoms with E-state index in [1.54, 1.807) is 49.6 Å². The fourth-order valence-electron chi connectivity index (χ4n) is 4.46. The van der Waals surface area contributed by atoms with Gasteiger partial charge in [0.15, 0.2) is 0 Å². The number of methoxy groups -OCH3 is 1. The number of ether oxygens (including phenoxy) is 3. The number of carbonyl (C=O) groups excluding carboxylic acids is 2. The standard InChI is InChI=1S/C30H31NO6/c1-5-36-23-15-13-20(14-16-23)27-26(28(32)21-10-8-11-24(17-21)37-19(2)3)29(33)30(34)31(27)18-22-9-6-7-12-25(22)35-4/h6-17,19,27,32H,5,18H2,1-4H3/b28-26-. The van der Waals surface area contributed by atoms with Crippen LogP contribution in [-0.4, -0.2) is 41.5 Å². The van der Waals surface area contributed by atoms with E-state index in [4.69, 9.17) is 14.2 Å². The molecule has 0 saturated carbocycles. The van der Waals surface area contributed by atoms with Gasteiger partial charge in [-0.05, 0) is 56.7 Å². The largest absolute Gasteiger partial charge is 0.507 e. The number of para-hydroxylation sites is 1. The summed E-state index contributed by atoms with van der Waals surface area (Å²) in [4.78, 5) is 28.2. The summed E-state index contributed by atoms with van der Waals surface area (Å²) in [6.45, 7) is 6.34. The highest BCUT2D eigenvalue weighted by Gasteiger charge is 2.46. The van der Waals surface area contributed by atoms with E-state index in [0.29, 0.717) is 35.0 Å². The van der Waals surface area contributed by atoms with E-state index in [-0.39, 0.29) is 24.0 Å². The molecule has 3 aromatic carbocycles. The van der Waals surface area contributed by atoms with Crippen molar-refractivity contribution in [1.29, 1.82) is 0 Å². The van der Waals surface area contributed by atoms with Crippen molar-refractivity contribution in [2.24, 2.45) is 0 Å². The summed E-state index contributed by atoms with van der Waals surface area (Å²) in [7, 11) is 1.56. The van der Waals surface area contributed by atoms with E-state index in [2.05, 4.69) is 0 Å². The molecular formula is C30H31NO6. The lowest BCUT2D eigenvalue weighted by molar-refractivity contribution is -0.140. The van der Waals surface area contributed by atoms with Gasteiger partial charge in [-0.15, -0.1) is 0 Å². The first-order valence-electron chi connectivity index (χ1n) is 12.2. The Hall–Kier alpha value is -4.26. The molecule has 1 N–H and O–H groups in total. The topological polar surface area (TPSA) is 85.3 Å². The second-order valence-electron chi connectivity index (χ2n) is 8.94. The first-order valence-corrected chi connectivity index (χ1v) is 12.2. The number of ketones is 1. The van der Waals surface area contributed by atoms with Gasteiger partial charge in [0.1, 0.15) is 23.0 Å². The Labute approximate surface area is 216 Å². The van der Waals surface area contributed by atoms with E-state index in [1.165, 1.54) is 4.90 Å². The van der Waals surface area contributed by atoms with Gasteiger partial charge in [0.25, 0.3) is 11.7 Å². The number of rotatable bonds is 9. The molecule has 0 aromatic heterocycles. The summed E-state index contributed by atoms with van der Waals surface area (Å²) < 4.78 is 16.8. The van der Waals surface area contributed by atoms with Gasteiger partial charge in [0.2, 0.25) is 0 Å². The van der Waals surface area contributed by atoms with E-state index >= 15 is 0 Å². The van der Waals surface area contributed by atoms with Crippen LogP contribution in [0.2, 0.25) is 0 Å². The monoisotopic (exact) mass is 501 g/mol. The summed E-state index contributed by atoms with van der Waals surface area (Å²) in [5.41, 5.74) is 1.83. The van der Waals surface area contributed by atoms with E-state index < -0.39 is 17.7 Å². The molecule has 37 heavy (non-hydrogen) atoms. The van der Waals surface area contributed by atoms with Gasteiger partial charge in [0, 0.05) is 11.1 Å². The molecule has 1 heterocycles. The van der Waals surface area contributed by atoms with Crippen LogP contribution < -0.4 is 14.2 Å². The molecule has 0 spiro atoms. The van der Waals surface area contributed by atoms with Gasteiger partial charge >= 0.3 is 0 Å². The Morgan fingerprint density at radius 2 is 1.70 bits per heavy atom. The summed E-state index contributed by atoms with van der Waals surface area (Å²) >= 11 is 0. The van der Waals surface area contributed by atoms with E-state index in [1.807, 2.05) is 51.1 Å². The molecule has 7 heteroatoms. The van der Waals surface area contributed by atoms with Crippen molar-refractivity contribution >= 4 is 17.4 Å². The van der Waals surface area contributed by atoms with Crippen LogP contribution in [0.15, 0.2) is 78.4 Å². The van der Waals surface area contributed by atoms with Crippen molar-refractivity contribution in [2.45, 2.75) is 39.5 Å². The molecule has 0 radical (unpaired) electrons. The molecule has 192 valence electrons. The Morgan fingerprint density at radius 3 is 2.38 bits per heavy atom. The van der Waals surface area contributed by atoms with Gasteiger partial charge in [-0.1, -0.05) is 42.5 Å². The lowest BCUT2D eigenvalue weighted by Gasteiger charge is -2.26. The number of aliphatic hydroxyl groups excluding tert-OH is 1. The van der Waals surface area contributed by atoms with Gasteiger partial charge in [-0.3, -0.25) is 9.59 Å². The van der Waals surface area contributed by atoms with Crippen molar-refractivity contribution < 1.29 is 28.9 Å². The number of likely N-dealkylation sites (tertiary alicyclic amines) is 1. The quantitative estimate of drug-likeness (QED) is 0.237. The second kappa shape index (κ2) is 11.2. The zero-order valence-electron chi connectivity index (χ0n) is 21.4. The van der Waals surface area contributed by atoms with Gasteiger partial charge in [0.05, 0.1) is 38.0 Å². The zero-order valence-corrected chi connectivity index (χ0v) is 21.4. The predicted molar refractivity (Wildman–Crippen MR) is 141 cm³/mol. The van der Waals surface area contributed by atoms with Crippen molar-refractivity contribution in [3.05, 3.63) is 95.1 Å². The van der Waals surface area contributed by atoms with Crippen molar-refractivity contribution in [1.82, 2.24) is 4.90 Å². The summed E-state index contributed by atoms with van der Waals surface area (Å²) in [6, 6.07) is 20.6. The highest BCUT2D eigenvalue weighted by Crippen LogP contribution is 2.41. The fraction of sp³-hybridized carbons (Fsp3) is 0.267. The van der Waals surface area contributed by atoms with Crippen LogP contribution in [0.4, 0.5) is 0 Å². The lowest BCUT2D eigenvalue weighted by Crippen LogP contribution is -2.29. The molecule has 1 aliphatic heterocycles. The SMILES string of the molecule is CCOc1ccc(C2/C(=C(/O)c3cccc(OC(C)C)c3)C(=O)C(=O)N2Cc2ccccc2OC)cc1. The Bertz CT molecular complexity index is 1310. The van der Waals surface area contributed by atoms with Gasteiger partial charge in [-0.25, -0.2) is 0 Å². The number of benzene rings is 3. The molecule has 1 amide bonds. The number of Topliss-reactive ketones (excluding diaryl/α,β-unsaturated/α-hetero) is 1. The Morgan fingerprint density at radius 1 is 0.973 bits per heavy atom. The highest BCUT2D eigenvalue weighted by molar-refractivity contribution is 6.46. The summed E-state index contributed by atoms with van der Waals surface area (Å²) in [6.07, 6.45) is -0.0623. The van der Waals surface area contributed by atoms with Crippen LogP contribution in [-0.2, 0) is 16.1 Å². The van der Waals surface area contributed by atoms with Crippen molar-refractivity contribution in [3.8, 4) is 17.2 Å². The number of hydrogen-bond donors (Lipinski definition) is 1. The molecule has 0 bridgehead atoms. The van der Waals surface area contributed by atoms with Crippen LogP contribution in [0.3, 0.4) is 0 Å². The second-order valence-corrected chi connectivity index (χ2v) is 8.94. The molecule has 0 aliphatic carbocycles. The van der Waals surface area contributed by atoms with Crippen LogP contribution in [0.1, 0.15) is 43.5 Å².